The smallest absolute Gasteiger partial charge is 0.200 e. The van der Waals surface area contributed by atoms with Gasteiger partial charge in [-0.25, -0.2) is 4.98 Å². The standard InChI is InChI=1S/C9H9ClN2O/c1-5(2)9-12-8-6(13-9)3-4-7(10)11-8/h3-5H,1-2H3. The Kier molecular flexibility index (Phi) is 1.96. The van der Waals surface area contributed by atoms with Gasteiger partial charge in [-0.1, -0.05) is 25.4 Å². The summed E-state index contributed by atoms with van der Waals surface area (Å²) >= 11 is 5.71. The molecule has 0 saturated carbocycles. The molecule has 0 radical (unpaired) electrons. The van der Waals surface area contributed by atoms with Crippen LogP contribution >= 0.6 is 11.6 Å². The van der Waals surface area contributed by atoms with Gasteiger partial charge in [0.05, 0.1) is 0 Å². The van der Waals surface area contributed by atoms with Crippen LogP contribution < -0.4 is 0 Å². The van der Waals surface area contributed by atoms with Crippen molar-refractivity contribution in [2.45, 2.75) is 19.8 Å². The Morgan fingerprint density at radius 1 is 1.31 bits per heavy atom. The lowest BCUT2D eigenvalue weighted by Gasteiger charge is -1.93. The Labute approximate surface area is 80.7 Å². The number of pyridine rings is 1. The average molecular weight is 197 g/mol. The van der Waals surface area contributed by atoms with Crippen molar-refractivity contribution in [2.75, 3.05) is 0 Å². The first kappa shape index (κ1) is 8.51. The molecular weight excluding hydrogens is 188 g/mol. The molecule has 0 atom stereocenters. The monoisotopic (exact) mass is 196 g/mol. The number of oxazole rings is 1. The van der Waals surface area contributed by atoms with Gasteiger partial charge < -0.3 is 4.42 Å². The Balaban J connectivity index is 2.62. The summed E-state index contributed by atoms with van der Waals surface area (Å²) in [7, 11) is 0. The fourth-order valence-corrected chi connectivity index (χ4v) is 1.20. The summed E-state index contributed by atoms with van der Waals surface area (Å²) in [6, 6.07) is 3.47. The highest BCUT2D eigenvalue weighted by Gasteiger charge is 2.09. The van der Waals surface area contributed by atoms with Crippen LogP contribution in [0.25, 0.3) is 11.2 Å². The third-order valence-corrected chi connectivity index (χ3v) is 1.94. The number of nitrogens with zero attached hydrogens (tertiary/aromatic N) is 2. The van der Waals surface area contributed by atoms with Crippen molar-refractivity contribution in [2.24, 2.45) is 0 Å². The molecule has 2 heterocycles. The maximum atomic E-state index is 5.71. The minimum absolute atomic E-state index is 0.271. The summed E-state index contributed by atoms with van der Waals surface area (Å²) < 4.78 is 5.45. The molecule has 0 unspecified atom stereocenters. The van der Waals surface area contributed by atoms with Gasteiger partial charge in [0.2, 0.25) is 0 Å². The van der Waals surface area contributed by atoms with Crippen molar-refractivity contribution in [3.05, 3.63) is 23.2 Å². The number of hydrogen-bond donors (Lipinski definition) is 0. The molecule has 0 amide bonds. The largest absolute Gasteiger partial charge is 0.439 e. The van der Waals surface area contributed by atoms with Crippen molar-refractivity contribution in [3.63, 3.8) is 0 Å². The molecule has 0 bridgehead atoms. The van der Waals surface area contributed by atoms with Crippen molar-refractivity contribution < 1.29 is 4.42 Å². The van der Waals surface area contributed by atoms with Gasteiger partial charge >= 0.3 is 0 Å². The van der Waals surface area contributed by atoms with E-state index in [4.69, 9.17) is 16.0 Å². The summed E-state index contributed by atoms with van der Waals surface area (Å²) in [5, 5.41) is 0.441. The van der Waals surface area contributed by atoms with Gasteiger partial charge in [0.1, 0.15) is 5.15 Å². The molecule has 0 aromatic carbocycles. The lowest BCUT2D eigenvalue weighted by Crippen LogP contribution is -1.85. The fraction of sp³-hybridized carbons (Fsp3) is 0.333. The van der Waals surface area contributed by atoms with Crippen LogP contribution in [0.3, 0.4) is 0 Å². The van der Waals surface area contributed by atoms with E-state index < -0.39 is 0 Å². The first-order valence-electron chi connectivity index (χ1n) is 4.10. The van der Waals surface area contributed by atoms with Gasteiger partial charge in [-0.05, 0) is 12.1 Å². The number of halogens is 1. The van der Waals surface area contributed by atoms with Gasteiger partial charge in [-0.2, -0.15) is 4.98 Å². The van der Waals surface area contributed by atoms with Gasteiger partial charge in [-0.3, -0.25) is 0 Å². The van der Waals surface area contributed by atoms with Crippen LogP contribution in [0.15, 0.2) is 16.5 Å². The van der Waals surface area contributed by atoms with Crippen LogP contribution in [0.5, 0.6) is 0 Å². The number of fused-ring (bicyclic) bond motifs is 1. The van der Waals surface area contributed by atoms with E-state index in [2.05, 4.69) is 9.97 Å². The Hall–Kier alpha value is -1.09. The minimum Gasteiger partial charge on any atom is -0.439 e. The number of hydrogen-bond acceptors (Lipinski definition) is 3. The number of aromatic nitrogens is 2. The zero-order valence-electron chi connectivity index (χ0n) is 7.41. The molecule has 0 fully saturated rings. The molecule has 2 aromatic rings. The second-order valence-electron chi connectivity index (χ2n) is 3.16. The van der Waals surface area contributed by atoms with Crippen LogP contribution in [-0.4, -0.2) is 9.97 Å². The van der Waals surface area contributed by atoms with Gasteiger partial charge in [0.25, 0.3) is 0 Å². The minimum atomic E-state index is 0.271. The van der Waals surface area contributed by atoms with Crippen LogP contribution in [0.1, 0.15) is 25.7 Å². The Morgan fingerprint density at radius 3 is 2.77 bits per heavy atom. The maximum absolute atomic E-state index is 5.71. The molecule has 13 heavy (non-hydrogen) atoms. The molecule has 0 N–H and O–H groups in total. The highest BCUT2D eigenvalue weighted by molar-refractivity contribution is 6.29. The first-order valence-corrected chi connectivity index (χ1v) is 4.47. The van der Waals surface area contributed by atoms with Crippen molar-refractivity contribution >= 4 is 22.8 Å². The third-order valence-electron chi connectivity index (χ3n) is 1.73. The SMILES string of the molecule is CC(C)c1nc2nc(Cl)ccc2o1. The van der Waals surface area contributed by atoms with E-state index in [0.29, 0.717) is 22.3 Å². The first-order chi connectivity index (χ1) is 6.16. The van der Waals surface area contributed by atoms with Gasteiger partial charge in [0.15, 0.2) is 17.1 Å². The average Bonchev–Trinajstić information content (AvgIpc) is 2.46. The molecule has 0 saturated heterocycles. The summed E-state index contributed by atoms with van der Waals surface area (Å²) in [6.45, 7) is 4.04. The highest BCUT2D eigenvalue weighted by Crippen LogP contribution is 2.20. The van der Waals surface area contributed by atoms with Crippen molar-refractivity contribution in [1.29, 1.82) is 0 Å². The molecule has 0 aliphatic rings. The quantitative estimate of drug-likeness (QED) is 0.659. The zero-order chi connectivity index (χ0) is 9.42. The molecular formula is C9H9ClN2O. The van der Waals surface area contributed by atoms with E-state index in [1.807, 2.05) is 13.8 Å². The molecule has 0 aliphatic heterocycles. The van der Waals surface area contributed by atoms with Crippen LogP contribution in [-0.2, 0) is 0 Å². The van der Waals surface area contributed by atoms with E-state index in [9.17, 15) is 0 Å². The van der Waals surface area contributed by atoms with Crippen LogP contribution in [0, 0.1) is 0 Å². The molecule has 0 aliphatic carbocycles. The summed E-state index contributed by atoms with van der Waals surface area (Å²) in [5.74, 6) is 0.970. The molecule has 68 valence electrons. The summed E-state index contributed by atoms with van der Waals surface area (Å²) in [4.78, 5) is 8.25. The predicted octanol–water partition coefficient (Wildman–Crippen LogP) is 3.00. The maximum Gasteiger partial charge on any atom is 0.200 e. The van der Waals surface area contributed by atoms with E-state index in [0.717, 1.165) is 0 Å². The molecule has 2 aromatic heterocycles. The van der Waals surface area contributed by atoms with E-state index in [1.165, 1.54) is 0 Å². The molecule has 4 heteroatoms. The van der Waals surface area contributed by atoms with Crippen LogP contribution in [0.2, 0.25) is 5.15 Å². The lowest BCUT2D eigenvalue weighted by atomic mass is 10.2. The normalized spacial score (nSPS) is 11.4. The van der Waals surface area contributed by atoms with Crippen molar-refractivity contribution in [3.8, 4) is 0 Å². The van der Waals surface area contributed by atoms with E-state index in [1.54, 1.807) is 12.1 Å². The Morgan fingerprint density at radius 2 is 2.08 bits per heavy atom. The zero-order valence-corrected chi connectivity index (χ0v) is 8.17. The number of rotatable bonds is 1. The third kappa shape index (κ3) is 1.52. The second-order valence-corrected chi connectivity index (χ2v) is 3.55. The molecule has 2 rings (SSSR count). The Bertz CT molecular complexity index is 436. The predicted molar refractivity (Wildman–Crippen MR) is 50.9 cm³/mol. The van der Waals surface area contributed by atoms with E-state index in [-0.39, 0.29) is 5.92 Å². The molecule has 0 spiro atoms. The highest BCUT2D eigenvalue weighted by atomic mass is 35.5. The summed E-state index contributed by atoms with van der Waals surface area (Å²) in [5.41, 5.74) is 1.27. The molecule has 3 nitrogen and oxygen atoms in total. The van der Waals surface area contributed by atoms with E-state index >= 15 is 0 Å². The van der Waals surface area contributed by atoms with Crippen molar-refractivity contribution in [1.82, 2.24) is 9.97 Å². The van der Waals surface area contributed by atoms with Crippen LogP contribution in [0.4, 0.5) is 0 Å². The lowest BCUT2D eigenvalue weighted by molar-refractivity contribution is 0.501. The topological polar surface area (TPSA) is 38.9 Å². The second kappa shape index (κ2) is 3.00. The van der Waals surface area contributed by atoms with Gasteiger partial charge in [0, 0.05) is 5.92 Å². The fourth-order valence-electron chi connectivity index (χ4n) is 1.06. The van der Waals surface area contributed by atoms with Gasteiger partial charge in [-0.15, -0.1) is 0 Å². The summed E-state index contributed by atoms with van der Waals surface area (Å²) in [6.07, 6.45) is 0.